The minimum Gasteiger partial charge on any atom is -0.481 e. The quantitative estimate of drug-likeness (QED) is 0.111. The Morgan fingerprint density at radius 3 is 2.57 bits per heavy atom. The molecular weight excluding hydrogens is 532 g/mol. The number of fused-ring (bicyclic) bond motifs is 1. The predicted molar refractivity (Wildman–Crippen MR) is 164 cm³/mol. The summed E-state index contributed by atoms with van der Waals surface area (Å²) in [6, 6.07) is 0. The summed E-state index contributed by atoms with van der Waals surface area (Å²) in [6.45, 7) is 2.86. The van der Waals surface area contributed by atoms with E-state index in [0.717, 1.165) is 37.7 Å². The van der Waals surface area contributed by atoms with Crippen molar-refractivity contribution in [2.75, 3.05) is 6.54 Å². The van der Waals surface area contributed by atoms with Gasteiger partial charge in [0.05, 0.1) is 35.7 Å². The van der Waals surface area contributed by atoms with Crippen LogP contribution in [0.3, 0.4) is 0 Å². The van der Waals surface area contributed by atoms with Crippen molar-refractivity contribution in [3.8, 4) is 0 Å². The van der Waals surface area contributed by atoms with E-state index in [2.05, 4.69) is 30.5 Å². The van der Waals surface area contributed by atoms with Crippen LogP contribution in [0.5, 0.6) is 0 Å². The highest BCUT2D eigenvalue weighted by atomic mass is 16.4. The Balaban J connectivity index is 1.25. The number of carboxylic acid groups (broad SMARTS) is 1. The van der Waals surface area contributed by atoms with Gasteiger partial charge in [0.1, 0.15) is 0 Å². The van der Waals surface area contributed by atoms with Crippen LogP contribution in [0.25, 0.3) is 0 Å². The Morgan fingerprint density at radius 2 is 1.86 bits per heavy atom. The maximum absolute atomic E-state index is 12.2. The number of nitrogens with two attached hydrogens (primary N) is 1. The number of aliphatic carboxylic acids is 1. The Labute approximate surface area is 251 Å². The van der Waals surface area contributed by atoms with Crippen molar-refractivity contribution in [2.24, 2.45) is 41.2 Å². The van der Waals surface area contributed by atoms with Crippen LogP contribution in [0.15, 0.2) is 47.9 Å². The van der Waals surface area contributed by atoms with E-state index in [4.69, 9.17) is 5.73 Å². The normalized spacial score (nSPS) is 35.6. The maximum Gasteiger partial charge on any atom is 0.309 e. The van der Waals surface area contributed by atoms with Gasteiger partial charge in [-0.3, -0.25) is 4.79 Å². The Kier molecular flexibility index (Phi) is 11.7. The molecule has 4 aliphatic rings. The average Bonchev–Trinajstić information content (AvgIpc) is 3.19. The standard InChI is InChI=1S/C34H54N2O6/c1-2-3-5-8-22-11-12-24(29(37)18-22)9-6-4-7-10-27(33(40)41)32(39)25-13-14-28-26(20-30(38)34(28,42)21-25)17-23-15-16-36-31(35)19-23/h11-15,19,22,24-30,32,36-39,42H,2-10,16-18,20-21,35H2,1H3,(H,40,41)/t22-,24-,25-,26+,27+,28+,29-,30-,32-,34-/m1/s1. The second-order valence-corrected chi connectivity index (χ2v) is 13.4. The van der Waals surface area contributed by atoms with Gasteiger partial charge in [-0.05, 0) is 68.4 Å². The minimum atomic E-state index is -1.39. The number of dihydropyridines is 1. The number of aliphatic hydroxyl groups excluding tert-OH is 3. The van der Waals surface area contributed by atoms with Gasteiger partial charge in [-0.15, -0.1) is 0 Å². The number of rotatable bonds is 15. The van der Waals surface area contributed by atoms with E-state index in [0.29, 0.717) is 44.0 Å². The van der Waals surface area contributed by atoms with Gasteiger partial charge in [-0.25, -0.2) is 0 Å². The molecule has 8 heteroatoms. The first-order valence-electron chi connectivity index (χ1n) is 16.4. The summed E-state index contributed by atoms with van der Waals surface area (Å²) in [5.74, 6) is -1.49. The van der Waals surface area contributed by atoms with E-state index in [1.165, 1.54) is 19.3 Å². The molecule has 0 radical (unpaired) electrons. The average molecular weight is 587 g/mol. The van der Waals surface area contributed by atoms with E-state index in [1.54, 1.807) is 0 Å². The molecule has 1 saturated carbocycles. The second-order valence-electron chi connectivity index (χ2n) is 13.4. The van der Waals surface area contributed by atoms with Gasteiger partial charge in [0.15, 0.2) is 0 Å². The molecule has 8 nitrogen and oxygen atoms in total. The molecule has 0 spiro atoms. The maximum atomic E-state index is 12.2. The van der Waals surface area contributed by atoms with Crippen LogP contribution in [0.2, 0.25) is 0 Å². The molecule has 3 aliphatic carbocycles. The fourth-order valence-electron chi connectivity index (χ4n) is 7.88. The Bertz CT molecular complexity index is 1020. The van der Waals surface area contributed by atoms with E-state index in [1.807, 2.05) is 18.2 Å². The number of unbranched alkanes of at least 4 members (excludes halogenated alkanes) is 4. The van der Waals surface area contributed by atoms with Crippen molar-refractivity contribution in [1.29, 1.82) is 0 Å². The van der Waals surface area contributed by atoms with Crippen molar-refractivity contribution in [3.63, 3.8) is 0 Å². The van der Waals surface area contributed by atoms with E-state index in [-0.39, 0.29) is 30.3 Å². The Hall–Kier alpha value is -2.13. The van der Waals surface area contributed by atoms with Gasteiger partial charge in [0.25, 0.3) is 0 Å². The number of hydrogen-bond donors (Lipinski definition) is 7. The van der Waals surface area contributed by atoms with Gasteiger partial charge in [0.2, 0.25) is 0 Å². The highest BCUT2D eigenvalue weighted by Crippen LogP contribution is 2.51. The molecule has 0 aromatic rings. The van der Waals surface area contributed by atoms with Crippen LogP contribution >= 0.6 is 0 Å². The van der Waals surface area contributed by atoms with Crippen molar-refractivity contribution in [3.05, 3.63) is 47.9 Å². The summed E-state index contributed by atoms with van der Waals surface area (Å²) in [7, 11) is 0. The molecule has 236 valence electrons. The van der Waals surface area contributed by atoms with Gasteiger partial charge >= 0.3 is 5.97 Å². The highest BCUT2D eigenvalue weighted by molar-refractivity contribution is 5.70. The molecule has 10 atom stereocenters. The number of allylic oxidation sites excluding steroid dienone is 3. The summed E-state index contributed by atoms with van der Waals surface area (Å²) >= 11 is 0. The molecule has 0 aromatic carbocycles. The topological polar surface area (TPSA) is 156 Å². The van der Waals surface area contributed by atoms with Gasteiger partial charge < -0.3 is 36.6 Å². The monoisotopic (exact) mass is 586 g/mol. The van der Waals surface area contributed by atoms with E-state index < -0.39 is 35.6 Å². The first-order valence-corrected chi connectivity index (χ1v) is 16.4. The lowest BCUT2D eigenvalue weighted by Crippen LogP contribution is -2.49. The smallest absolute Gasteiger partial charge is 0.309 e. The van der Waals surface area contributed by atoms with E-state index in [9.17, 15) is 30.3 Å². The summed E-state index contributed by atoms with van der Waals surface area (Å²) < 4.78 is 0. The number of nitrogens with one attached hydrogen (secondary N) is 1. The molecule has 8 N–H and O–H groups in total. The zero-order valence-electron chi connectivity index (χ0n) is 25.3. The molecule has 0 amide bonds. The molecule has 0 bridgehead atoms. The van der Waals surface area contributed by atoms with Crippen LogP contribution in [-0.4, -0.2) is 62.0 Å². The largest absolute Gasteiger partial charge is 0.481 e. The summed E-state index contributed by atoms with van der Waals surface area (Å²) in [5, 5.41) is 57.3. The van der Waals surface area contributed by atoms with Gasteiger partial charge in [0, 0.05) is 24.3 Å². The minimum absolute atomic E-state index is 0.0347. The number of hydrogen-bond acceptors (Lipinski definition) is 7. The predicted octanol–water partition coefficient (Wildman–Crippen LogP) is 4.16. The molecule has 1 aliphatic heterocycles. The third kappa shape index (κ3) is 8.07. The van der Waals surface area contributed by atoms with Crippen LogP contribution in [0, 0.1) is 35.5 Å². The number of carboxylic acids is 1. The summed E-state index contributed by atoms with van der Waals surface area (Å²) in [4.78, 5) is 12.2. The molecule has 1 heterocycles. The second kappa shape index (κ2) is 15.0. The first-order chi connectivity index (χ1) is 20.1. The molecule has 1 fully saturated rings. The van der Waals surface area contributed by atoms with Crippen molar-refractivity contribution < 1.29 is 30.3 Å². The summed E-state index contributed by atoms with van der Waals surface area (Å²) in [5.41, 5.74) is 5.60. The van der Waals surface area contributed by atoms with Crippen molar-refractivity contribution in [2.45, 2.75) is 114 Å². The first kappa shape index (κ1) is 32.8. The fraction of sp³-hybridized carbons (Fsp3) is 0.735. The fourth-order valence-corrected chi connectivity index (χ4v) is 7.88. The van der Waals surface area contributed by atoms with Crippen LogP contribution < -0.4 is 11.1 Å². The molecule has 0 unspecified atom stereocenters. The SMILES string of the molecule is CCCCC[C@@H]1C=C[C@@H](CCCCC[C@H](C(=O)O)[C@H](O)[C@@H]2C=C[C@H]3[C@@H](CC4=CCNC(N)=C4)C[C@@H](O)[C@@]3(O)C2)[C@H](O)C1. The molecule has 0 aromatic heterocycles. The highest BCUT2D eigenvalue weighted by Gasteiger charge is 2.55. The third-order valence-electron chi connectivity index (χ3n) is 10.4. The van der Waals surface area contributed by atoms with Crippen LogP contribution in [-0.2, 0) is 4.79 Å². The van der Waals surface area contributed by atoms with E-state index >= 15 is 0 Å². The van der Waals surface area contributed by atoms with Gasteiger partial charge in [-0.2, -0.15) is 0 Å². The molecule has 42 heavy (non-hydrogen) atoms. The van der Waals surface area contributed by atoms with Crippen molar-refractivity contribution >= 4 is 5.97 Å². The molecular formula is C34H54N2O6. The zero-order valence-corrected chi connectivity index (χ0v) is 25.3. The Morgan fingerprint density at radius 1 is 1.07 bits per heavy atom. The lowest BCUT2D eigenvalue weighted by molar-refractivity contribution is -0.149. The number of aliphatic hydroxyl groups is 4. The molecule has 0 saturated heterocycles. The lowest BCUT2D eigenvalue weighted by Gasteiger charge is -2.41. The lowest BCUT2D eigenvalue weighted by atomic mass is 9.70. The third-order valence-corrected chi connectivity index (χ3v) is 10.4. The zero-order chi connectivity index (χ0) is 30.3. The summed E-state index contributed by atoms with van der Waals surface area (Å²) in [6.07, 6.45) is 20.3. The van der Waals surface area contributed by atoms with Crippen LogP contribution in [0.1, 0.15) is 90.4 Å². The number of carbonyl (C=O) groups is 1. The van der Waals surface area contributed by atoms with Gasteiger partial charge in [-0.1, -0.05) is 75.8 Å². The molecule has 4 rings (SSSR count). The van der Waals surface area contributed by atoms with Crippen LogP contribution in [0.4, 0.5) is 0 Å². The van der Waals surface area contributed by atoms with Crippen molar-refractivity contribution in [1.82, 2.24) is 5.32 Å².